The minimum Gasteiger partial charge on any atom is -0.337 e. The van der Waals surface area contributed by atoms with E-state index in [2.05, 4.69) is 24.0 Å². The standard InChI is InChI=1S/C14H14N2OS/c1-10-3-5-11(6-4-10)13-15-12(9-18-13)14(17)16-7-2-8-16/h3-6,9H,2,7-8H2,1H3. The number of hydrogen-bond acceptors (Lipinski definition) is 3. The first-order valence-electron chi connectivity index (χ1n) is 6.06. The normalized spacial score (nSPS) is 14.4. The van der Waals surface area contributed by atoms with Crippen molar-refractivity contribution in [3.63, 3.8) is 0 Å². The number of thiazole rings is 1. The topological polar surface area (TPSA) is 33.2 Å². The quantitative estimate of drug-likeness (QED) is 0.829. The van der Waals surface area contributed by atoms with Crippen LogP contribution in [-0.2, 0) is 0 Å². The van der Waals surface area contributed by atoms with Crippen LogP contribution in [0.1, 0.15) is 22.5 Å². The summed E-state index contributed by atoms with van der Waals surface area (Å²) in [5.74, 6) is 0.0656. The van der Waals surface area contributed by atoms with Crippen LogP contribution in [0.25, 0.3) is 10.6 Å². The van der Waals surface area contributed by atoms with Crippen molar-refractivity contribution in [3.05, 3.63) is 40.9 Å². The second-order valence-electron chi connectivity index (χ2n) is 4.55. The third kappa shape index (κ3) is 2.04. The molecule has 1 aliphatic heterocycles. The third-order valence-corrected chi connectivity index (χ3v) is 4.06. The number of benzene rings is 1. The van der Waals surface area contributed by atoms with Crippen LogP contribution in [0.4, 0.5) is 0 Å². The molecule has 0 saturated carbocycles. The van der Waals surface area contributed by atoms with Crippen molar-refractivity contribution in [2.45, 2.75) is 13.3 Å². The maximum atomic E-state index is 12.0. The summed E-state index contributed by atoms with van der Waals surface area (Å²) in [4.78, 5) is 18.3. The first kappa shape index (κ1) is 11.4. The molecule has 0 bridgehead atoms. The number of carbonyl (C=O) groups excluding carboxylic acids is 1. The van der Waals surface area contributed by atoms with E-state index in [-0.39, 0.29) is 5.91 Å². The highest BCUT2D eigenvalue weighted by atomic mass is 32.1. The predicted octanol–water partition coefficient (Wildman–Crippen LogP) is 2.96. The molecule has 1 aromatic carbocycles. The van der Waals surface area contributed by atoms with Crippen LogP contribution in [0.3, 0.4) is 0 Å². The number of aryl methyl sites for hydroxylation is 1. The fourth-order valence-electron chi connectivity index (χ4n) is 1.88. The van der Waals surface area contributed by atoms with Gasteiger partial charge in [0.05, 0.1) is 0 Å². The molecule has 92 valence electrons. The molecule has 0 atom stereocenters. The van der Waals surface area contributed by atoms with E-state index in [1.54, 1.807) is 0 Å². The van der Waals surface area contributed by atoms with Gasteiger partial charge in [-0.2, -0.15) is 0 Å². The zero-order chi connectivity index (χ0) is 12.5. The van der Waals surface area contributed by atoms with Gasteiger partial charge >= 0.3 is 0 Å². The van der Waals surface area contributed by atoms with E-state index < -0.39 is 0 Å². The second kappa shape index (κ2) is 4.53. The Balaban J connectivity index is 1.84. The average molecular weight is 258 g/mol. The molecule has 4 heteroatoms. The van der Waals surface area contributed by atoms with Crippen molar-refractivity contribution in [1.82, 2.24) is 9.88 Å². The van der Waals surface area contributed by atoms with Crippen LogP contribution in [0.2, 0.25) is 0 Å². The van der Waals surface area contributed by atoms with Gasteiger partial charge in [-0.3, -0.25) is 4.79 Å². The van der Waals surface area contributed by atoms with E-state index in [4.69, 9.17) is 0 Å². The largest absolute Gasteiger partial charge is 0.337 e. The Morgan fingerprint density at radius 3 is 2.61 bits per heavy atom. The first-order chi connectivity index (χ1) is 8.74. The number of aromatic nitrogens is 1. The molecule has 2 heterocycles. The van der Waals surface area contributed by atoms with Gasteiger partial charge in [-0.25, -0.2) is 4.98 Å². The number of amides is 1. The lowest BCUT2D eigenvalue weighted by Crippen LogP contribution is -2.42. The van der Waals surface area contributed by atoms with Crippen LogP contribution < -0.4 is 0 Å². The molecular formula is C14H14N2OS. The van der Waals surface area contributed by atoms with Gasteiger partial charge in [0.25, 0.3) is 5.91 Å². The maximum absolute atomic E-state index is 12.0. The lowest BCUT2D eigenvalue weighted by Gasteiger charge is -2.30. The zero-order valence-electron chi connectivity index (χ0n) is 10.2. The molecule has 1 aromatic heterocycles. The Labute approximate surface area is 110 Å². The van der Waals surface area contributed by atoms with Gasteiger partial charge in [-0.1, -0.05) is 29.8 Å². The summed E-state index contributed by atoms with van der Waals surface area (Å²) in [5, 5.41) is 2.77. The molecule has 0 N–H and O–H groups in total. The van der Waals surface area contributed by atoms with Gasteiger partial charge in [0.15, 0.2) is 0 Å². The molecule has 0 spiro atoms. The number of likely N-dealkylation sites (tertiary alicyclic amines) is 1. The van der Waals surface area contributed by atoms with Crippen molar-refractivity contribution in [2.75, 3.05) is 13.1 Å². The van der Waals surface area contributed by atoms with E-state index in [9.17, 15) is 4.79 Å². The molecule has 0 radical (unpaired) electrons. The highest BCUT2D eigenvalue weighted by molar-refractivity contribution is 7.13. The van der Waals surface area contributed by atoms with Crippen LogP contribution in [0, 0.1) is 6.92 Å². The molecule has 3 rings (SSSR count). The van der Waals surface area contributed by atoms with Crippen molar-refractivity contribution in [3.8, 4) is 10.6 Å². The maximum Gasteiger partial charge on any atom is 0.273 e. The molecule has 2 aromatic rings. The highest BCUT2D eigenvalue weighted by Crippen LogP contribution is 2.25. The van der Waals surface area contributed by atoms with Gasteiger partial charge in [-0.05, 0) is 13.3 Å². The van der Waals surface area contributed by atoms with Gasteiger partial charge < -0.3 is 4.90 Å². The number of carbonyl (C=O) groups is 1. The molecule has 0 aliphatic carbocycles. The van der Waals surface area contributed by atoms with Crippen LogP contribution in [0.5, 0.6) is 0 Å². The SMILES string of the molecule is Cc1ccc(-c2nc(C(=O)N3CCC3)cs2)cc1. The van der Waals surface area contributed by atoms with Gasteiger partial charge in [0.2, 0.25) is 0 Å². The zero-order valence-corrected chi connectivity index (χ0v) is 11.0. The van der Waals surface area contributed by atoms with E-state index in [1.807, 2.05) is 22.4 Å². The van der Waals surface area contributed by atoms with Crippen molar-refractivity contribution in [2.24, 2.45) is 0 Å². The van der Waals surface area contributed by atoms with Gasteiger partial charge in [0, 0.05) is 24.0 Å². The Morgan fingerprint density at radius 2 is 2.00 bits per heavy atom. The smallest absolute Gasteiger partial charge is 0.273 e. The Bertz CT molecular complexity index is 570. The summed E-state index contributed by atoms with van der Waals surface area (Å²) in [6.07, 6.45) is 1.11. The van der Waals surface area contributed by atoms with E-state index in [0.717, 1.165) is 30.1 Å². The number of rotatable bonds is 2. The summed E-state index contributed by atoms with van der Waals surface area (Å²) < 4.78 is 0. The fraction of sp³-hybridized carbons (Fsp3) is 0.286. The molecule has 1 amide bonds. The van der Waals surface area contributed by atoms with E-state index in [0.29, 0.717) is 5.69 Å². The Morgan fingerprint density at radius 1 is 1.28 bits per heavy atom. The van der Waals surface area contributed by atoms with Gasteiger partial charge in [0.1, 0.15) is 10.7 Å². The molecule has 1 aliphatic rings. The summed E-state index contributed by atoms with van der Waals surface area (Å²) in [6, 6.07) is 8.22. The summed E-state index contributed by atoms with van der Waals surface area (Å²) in [5.41, 5.74) is 2.88. The molecule has 0 unspecified atom stereocenters. The summed E-state index contributed by atoms with van der Waals surface area (Å²) >= 11 is 1.53. The van der Waals surface area contributed by atoms with Crippen molar-refractivity contribution in [1.29, 1.82) is 0 Å². The van der Waals surface area contributed by atoms with Crippen LogP contribution in [0.15, 0.2) is 29.6 Å². The monoisotopic (exact) mass is 258 g/mol. The predicted molar refractivity (Wildman–Crippen MR) is 72.8 cm³/mol. The Kier molecular flexibility index (Phi) is 2.88. The lowest BCUT2D eigenvalue weighted by molar-refractivity contribution is 0.0646. The molecule has 18 heavy (non-hydrogen) atoms. The Hall–Kier alpha value is -1.68. The molecular weight excluding hydrogens is 244 g/mol. The highest BCUT2D eigenvalue weighted by Gasteiger charge is 2.23. The van der Waals surface area contributed by atoms with Crippen LogP contribution in [-0.4, -0.2) is 28.9 Å². The van der Waals surface area contributed by atoms with E-state index in [1.165, 1.54) is 16.9 Å². The third-order valence-electron chi connectivity index (χ3n) is 3.17. The minimum atomic E-state index is 0.0656. The number of hydrogen-bond donors (Lipinski definition) is 0. The second-order valence-corrected chi connectivity index (χ2v) is 5.41. The molecule has 3 nitrogen and oxygen atoms in total. The fourth-order valence-corrected chi connectivity index (χ4v) is 2.68. The minimum absolute atomic E-state index is 0.0656. The van der Waals surface area contributed by atoms with Crippen molar-refractivity contribution < 1.29 is 4.79 Å². The number of nitrogens with zero attached hydrogens (tertiary/aromatic N) is 2. The summed E-state index contributed by atoms with van der Waals surface area (Å²) in [6.45, 7) is 3.80. The van der Waals surface area contributed by atoms with E-state index >= 15 is 0 Å². The van der Waals surface area contributed by atoms with Crippen molar-refractivity contribution >= 4 is 17.2 Å². The summed E-state index contributed by atoms with van der Waals surface area (Å²) in [7, 11) is 0. The van der Waals surface area contributed by atoms with Crippen LogP contribution >= 0.6 is 11.3 Å². The first-order valence-corrected chi connectivity index (χ1v) is 6.94. The van der Waals surface area contributed by atoms with Gasteiger partial charge in [-0.15, -0.1) is 11.3 Å². The lowest BCUT2D eigenvalue weighted by atomic mass is 10.2. The molecule has 1 fully saturated rings. The average Bonchev–Trinajstić information content (AvgIpc) is 2.77. The molecule has 1 saturated heterocycles.